The quantitative estimate of drug-likeness (QED) is 0.143. The van der Waals surface area contributed by atoms with E-state index in [0.29, 0.717) is 4.90 Å². The largest absolute Gasteiger partial charge is 0.507 e. The molecular formula is C22H20N4O8. The van der Waals surface area contributed by atoms with Crippen LogP contribution in [0.5, 0.6) is 0 Å². The lowest BCUT2D eigenvalue weighted by Gasteiger charge is -2.36. The van der Waals surface area contributed by atoms with E-state index in [9.17, 15) is 34.4 Å². The maximum atomic E-state index is 13.3. The van der Waals surface area contributed by atoms with Crippen molar-refractivity contribution < 1.29 is 33.9 Å². The Balaban J connectivity index is 2.36. The average Bonchev–Trinajstić information content (AvgIpc) is 3.01. The van der Waals surface area contributed by atoms with E-state index in [1.807, 2.05) is 0 Å². The fourth-order valence-electron chi connectivity index (χ4n) is 3.58. The highest BCUT2D eigenvalue weighted by molar-refractivity contribution is 6.54. The predicted molar refractivity (Wildman–Crippen MR) is 118 cm³/mol. The van der Waals surface area contributed by atoms with Crippen molar-refractivity contribution in [1.29, 1.82) is 0 Å². The van der Waals surface area contributed by atoms with Crippen LogP contribution >= 0.6 is 0 Å². The number of nitro benzene ring substituents is 1. The van der Waals surface area contributed by atoms with Crippen molar-refractivity contribution in [3.8, 4) is 0 Å². The van der Waals surface area contributed by atoms with Gasteiger partial charge in [-0.2, -0.15) is 0 Å². The zero-order valence-electron chi connectivity index (χ0n) is 18.1. The number of hydrogen-bond acceptors (Lipinski definition) is 8. The van der Waals surface area contributed by atoms with Crippen molar-refractivity contribution in [2.45, 2.75) is 19.5 Å². The number of nitro groups is 1. The number of nitrogens with two attached hydrogens (primary N) is 1. The van der Waals surface area contributed by atoms with Gasteiger partial charge in [0.1, 0.15) is 11.3 Å². The number of hydrogen-bond donors (Lipinski definition) is 3. The molecule has 1 aliphatic heterocycles. The number of carbonyl (C=O) groups is 4. The van der Waals surface area contributed by atoms with Gasteiger partial charge in [-0.25, -0.2) is 9.59 Å². The number of urea groups is 1. The molecule has 12 heteroatoms. The SMILES string of the molecule is CCOC(=O)C1(NC(N)=O)/C(=C(\O)c2ccc([N+](=O)[O-])cc2)C(=O)C(=O)N1c1ccc(C)cc1. The van der Waals surface area contributed by atoms with E-state index in [1.54, 1.807) is 19.1 Å². The van der Waals surface area contributed by atoms with Crippen molar-refractivity contribution in [2.75, 3.05) is 11.5 Å². The summed E-state index contributed by atoms with van der Waals surface area (Å²) < 4.78 is 5.08. The molecule has 3 rings (SSSR count). The molecule has 1 unspecified atom stereocenters. The van der Waals surface area contributed by atoms with Gasteiger partial charge in [-0.3, -0.25) is 24.6 Å². The van der Waals surface area contributed by atoms with E-state index >= 15 is 0 Å². The lowest BCUT2D eigenvalue weighted by Crippen LogP contribution is -2.66. The summed E-state index contributed by atoms with van der Waals surface area (Å²) in [6, 6.07) is 9.13. The minimum atomic E-state index is -2.64. The minimum Gasteiger partial charge on any atom is -0.507 e. The fraction of sp³-hybridized carbons (Fsp3) is 0.182. The molecule has 1 fully saturated rings. The Bertz CT molecular complexity index is 1220. The molecule has 0 radical (unpaired) electrons. The summed E-state index contributed by atoms with van der Waals surface area (Å²) in [5.41, 5.74) is 2.26. The molecule has 0 aromatic heterocycles. The lowest BCUT2D eigenvalue weighted by atomic mass is 9.94. The van der Waals surface area contributed by atoms with E-state index < -0.39 is 45.6 Å². The summed E-state index contributed by atoms with van der Waals surface area (Å²) in [6.07, 6.45) is 0. The molecule has 0 bridgehead atoms. The first-order chi connectivity index (χ1) is 16.0. The van der Waals surface area contributed by atoms with Gasteiger partial charge >= 0.3 is 17.9 Å². The number of anilines is 1. The topological polar surface area (TPSA) is 182 Å². The Hall–Kier alpha value is -4.74. The molecular weight excluding hydrogens is 448 g/mol. The van der Waals surface area contributed by atoms with Gasteiger partial charge in [0.15, 0.2) is 0 Å². The first-order valence-electron chi connectivity index (χ1n) is 9.93. The third-order valence-corrected chi connectivity index (χ3v) is 5.08. The smallest absolute Gasteiger partial charge is 0.358 e. The number of nitrogens with zero attached hydrogens (tertiary/aromatic N) is 2. The highest BCUT2D eigenvalue weighted by atomic mass is 16.6. The molecule has 34 heavy (non-hydrogen) atoms. The molecule has 176 valence electrons. The summed E-state index contributed by atoms with van der Waals surface area (Å²) in [5.74, 6) is -4.67. The second-order valence-corrected chi connectivity index (χ2v) is 7.25. The Kier molecular flexibility index (Phi) is 6.34. The van der Waals surface area contributed by atoms with E-state index in [1.165, 1.54) is 19.1 Å². The number of non-ortho nitro benzene ring substituents is 1. The third-order valence-electron chi connectivity index (χ3n) is 5.08. The van der Waals surface area contributed by atoms with Crippen LogP contribution in [0.4, 0.5) is 16.2 Å². The van der Waals surface area contributed by atoms with Crippen LogP contribution in [-0.4, -0.2) is 46.0 Å². The average molecular weight is 468 g/mol. The van der Waals surface area contributed by atoms with Crippen molar-refractivity contribution in [3.63, 3.8) is 0 Å². The maximum absolute atomic E-state index is 13.3. The summed E-state index contributed by atoms with van der Waals surface area (Å²) in [4.78, 5) is 62.5. The minimum absolute atomic E-state index is 0.0391. The number of rotatable bonds is 6. The summed E-state index contributed by atoms with van der Waals surface area (Å²) >= 11 is 0. The Morgan fingerprint density at radius 2 is 1.74 bits per heavy atom. The first-order valence-corrected chi connectivity index (χ1v) is 9.93. The summed E-state index contributed by atoms with van der Waals surface area (Å²) in [7, 11) is 0. The molecule has 3 amide bonds. The summed E-state index contributed by atoms with van der Waals surface area (Å²) in [5, 5.41) is 24.1. The van der Waals surface area contributed by atoms with Crippen LogP contribution < -0.4 is 16.0 Å². The van der Waals surface area contributed by atoms with Crippen LogP contribution in [-0.2, 0) is 19.1 Å². The highest BCUT2D eigenvalue weighted by Crippen LogP contribution is 2.40. The number of nitrogens with one attached hydrogen (secondary N) is 1. The number of ketones is 1. The van der Waals surface area contributed by atoms with E-state index in [4.69, 9.17) is 10.5 Å². The van der Waals surface area contributed by atoms with E-state index in [0.717, 1.165) is 29.8 Å². The zero-order chi connectivity index (χ0) is 25.2. The van der Waals surface area contributed by atoms with Crippen LogP contribution in [0.2, 0.25) is 0 Å². The first kappa shape index (κ1) is 23.9. The van der Waals surface area contributed by atoms with Gasteiger partial charge in [-0.15, -0.1) is 0 Å². The molecule has 1 aliphatic rings. The number of amides is 3. The number of ether oxygens (including phenoxy) is 1. The standard InChI is InChI=1S/C22H20N4O8/c1-3-34-20(30)22(24-21(23)31)16(17(27)13-6-10-15(11-7-13)26(32)33)18(28)19(29)25(22)14-8-4-12(2)5-9-14/h4-11,27H,3H2,1-2H3,(H3,23,24,31)/b17-16-. The van der Waals surface area contributed by atoms with Crippen LogP contribution in [0.15, 0.2) is 54.1 Å². The molecule has 0 aliphatic carbocycles. The van der Waals surface area contributed by atoms with Gasteiger partial charge in [0.25, 0.3) is 17.1 Å². The number of aliphatic hydroxyl groups is 1. The second kappa shape index (κ2) is 9.02. The molecule has 2 aromatic carbocycles. The van der Waals surface area contributed by atoms with Crippen LogP contribution in [0.3, 0.4) is 0 Å². The normalized spacial score (nSPS) is 19.1. The number of aliphatic hydroxyl groups excluding tert-OH is 1. The predicted octanol–water partition coefficient (Wildman–Crippen LogP) is 1.72. The van der Waals surface area contributed by atoms with Crippen LogP contribution in [0, 0.1) is 17.0 Å². The molecule has 12 nitrogen and oxygen atoms in total. The molecule has 0 saturated carbocycles. The van der Waals surface area contributed by atoms with Crippen molar-refractivity contribution in [2.24, 2.45) is 5.73 Å². The number of benzene rings is 2. The van der Waals surface area contributed by atoms with E-state index in [-0.39, 0.29) is 23.5 Å². The highest BCUT2D eigenvalue weighted by Gasteiger charge is 2.64. The number of Topliss-reactive ketones (excluding diaryl/α,β-unsaturated/α-hetero) is 1. The zero-order valence-corrected chi connectivity index (χ0v) is 18.1. The summed E-state index contributed by atoms with van der Waals surface area (Å²) in [6.45, 7) is 3.04. The van der Waals surface area contributed by atoms with E-state index in [2.05, 4.69) is 5.32 Å². The van der Waals surface area contributed by atoms with Gasteiger partial charge in [0, 0.05) is 23.4 Å². The lowest BCUT2D eigenvalue weighted by molar-refractivity contribution is -0.384. The fourth-order valence-corrected chi connectivity index (χ4v) is 3.58. The third kappa shape index (κ3) is 3.92. The monoisotopic (exact) mass is 468 g/mol. The maximum Gasteiger partial charge on any atom is 0.358 e. The second-order valence-electron chi connectivity index (χ2n) is 7.25. The van der Waals surface area contributed by atoms with Crippen molar-refractivity contribution in [1.82, 2.24) is 5.32 Å². The Morgan fingerprint density at radius 1 is 1.15 bits per heavy atom. The van der Waals surface area contributed by atoms with Gasteiger partial charge in [-0.05, 0) is 38.1 Å². The number of aryl methyl sites for hydroxylation is 1. The van der Waals surface area contributed by atoms with Gasteiger partial charge in [0.2, 0.25) is 0 Å². The van der Waals surface area contributed by atoms with Gasteiger partial charge < -0.3 is 20.9 Å². The van der Waals surface area contributed by atoms with Crippen LogP contribution in [0.25, 0.3) is 5.76 Å². The Morgan fingerprint density at radius 3 is 2.24 bits per heavy atom. The molecule has 2 aromatic rings. The molecule has 1 saturated heterocycles. The number of primary amides is 1. The van der Waals surface area contributed by atoms with Gasteiger partial charge in [0.05, 0.1) is 11.5 Å². The van der Waals surface area contributed by atoms with Crippen molar-refractivity contribution >= 4 is 40.8 Å². The number of esters is 1. The van der Waals surface area contributed by atoms with Crippen molar-refractivity contribution in [3.05, 3.63) is 75.3 Å². The molecule has 1 heterocycles. The number of carbonyl (C=O) groups excluding carboxylic acids is 4. The van der Waals surface area contributed by atoms with Gasteiger partial charge in [-0.1, -0.05) is 17.7 Å². The molecule has 4 N–H and O–H groups in total. The molecule has 0 spiro atoms. The Labute approximate surface area is 192 Å². The van der Waals surface area contributed by atoms with Crippen LogP contribution in [0.1, 0.15) is 18.1 Å². The molecule has 1 atom stereocenters.